The van der Waals surface area contributed by atoms with Gasteiger partial charge in [-0.1, -0.05) is 0 Å². The van der Waals surface area contributed by atoms with Crippen molar-refractivity contribution in [3.63, 3.8) is 0 Å². The van der Waals surface area contributed by atoms with Gasteiger partial charge in [0.25, 0.3) is 0 Å². The molecule has 4 nitrogen and oxygen atoms in total. The number of alkyl carbamates (subject to hydrolysis) is 1. The van der Waals surface area contributed by atoms with E-state index in [2.05, 4.69) is 5.32 Å². The average Bonchev–Trinajstić information content (AvgIpc) is 2.24. The van der Waals surface area contributed by atoms with Gasteiger partial charge < -0.3 is 14.8 Å². The molecule has 0 fully saturated rings. The molecule has 6 heteroatoms. The number of ether oxygens (including phenoxy) is 2. The van der Waals surface area contributed by atoms with Gasteiger partial charge in [0.05, 0.1) is 6.54 Å². The van der Waals surface area contributed by atoms with Crippen LogP contribution in [0.25, 0.3) is 0 Å². The Morgan fingerprint density at radius 1 is 1.32 bits per heavy atom. The fraction of sp³-hybridized carbons (Fsp3) is 0.462. The number of benzene rings is 1. The molecule has 1 aromatic carbocycles. The summed E-state index contributed by atoms with van der Waals surface area (Å²) < 4.78 is 35.9. The number of hydrogen-bond donors (Lipinski definition) is 1. The SMILES string of the molecule is CC(C)(C)OC(=O)NCCOc1ccc(F)cc1F. The normalized spacial score (nSPS) is 11.0. The molecule has 0 saturated carbocycles. The van der Waals surface area contributed by atoms with Gasteiger partial charge in [0.1, 0.15) is 18.0 Å². The van der Waals surface area contributed by atoms with Gasteiger partial charge >= 0.3 is 6.09 Å². The lowest BCUT2D eigenvalue weighted by atomic mass is 10.2. The van der Waals surface area contributed by atoms with Crippen LogP contribution in [0, 0.1) is 11.6 Å². The van der Waals surface area contributed by atoms with Crippen molar-refractivity contribution in [1.29, 1.82) is 0 Å². The lowest BCUT2D eigenvalue weighted by molar-refractivity contribution is 0.0520. The fourth-order valence-electron chi connectivity index (χ4n) is 1.22. The van der Waals surface area contributed by atoms with Crippen LogP contribution < -0.4 is 10.1 Å². The van der Waals surface area contributed by atoms with Gasteiger partial charge in [-0.3, -0.25) is 0 Å². The highest BCUT2D eigenvalue weighted by molar-refractivity contribution is 5.67. The highest BCUT2D eigenvalue weighted by Crippen LogP contribution is 2.17. The smallest absolute Gasteiger partial charge is 0.407 e. The van der Waals surface area contributed by atoms with Crippen molar-refractivity contribution in [2.45, 2.75) is 26.4 Å². The quantitative estimate of drug-likeness (QED) is 0.858. The zero-order valence-corrected chi connectivity index (χ0v) is 11.1. The van der Waals surface area contributed by atoms with E-state index >= 15 is 0 Å². The summed E-state index contributed by atoms with van der Waals surface area (Å²) in [6.45, 7) is 5.46. The Hall–Kier alpha value is -1.85. The van der Waals surface area contributed by atoms with E-state index in [9.17, 15) is 13.6 Å². The third kappa shape index (κ3) is 6.03. The van der Waals surface area contributed by atoms with Crippen molar-refractivity contribution in [3.05, 3.63) is 29.8 Å². The predicted molar refractivity (Wildman–Crippen MR) is 66.1 cm³/mol. The van der Waals surface area contributed by atoms with E-state index in [1.54, 1.807) is 20.8 Å². The first-order chi connectivity index (χ1) is 8.78. The lowest BCUT2D eigenvalue weighted by Gasteiger charge is -2.19. The van der Waals surface area contributed by atoms with Crippen molar-refractivity contribution in [3.8, 4) is 5.75 Å². The highest BCUT2D eigenvalue weighted by atomic mass is 19.1. The molecule has 1 amide bonds. The van der Waals surface area contributed by atoms with Crippen molar-refractivity contribution in [2.24, 2.45) is 0 Å². The van der Waals surface area contributed by atoms with Crippen LogP contribution in [-0.4, -0.2) is 24.8 Å². The predicted octanol–water partition coefficient (Wildman–Crippen LogP) is 2.87. The van der Waals surface area contributed by atoms with Crippen molar-refractivity contribution < 1.29 is 23.0 Å². The second-order valence-electron chi connectivity index (χ2n) is 4.85. The fourth-order valence-corrected chi connectivity index (χ4v) is 1.22. The number of carbonyl (C=O) groups excluding carboxylic acids is 1. The van der Waals surface area contributed by atoms with Gasteiger partial charge in [0.2, 0.25) is 0 Å². The monoisotopic (exact) mass is 273 g/mol. The van der Waals surface area contributed by atoms with Crippen molar-refractivity contribution >= 4 is 6.09 Å². The van der Waals surface area contributed by atoms with Crippen molar-refractivity contribution in [2.75, 3.05) is 13.2 Å². The molecular weight excluding hydrogens is 256 g/mol. The summed E-state index contributed by atoms with van der Waals surface area (Å²) in [6.07, 6.45) is -0.573. The van der Waals surface area contributed by atoms with Crippen LogP contribution in [0.3, 0.4) is 0 Å². The largest absolute Gasteiger partial charge is 0.489 e. The molecular formula is C13H17F2NO3. The zero-order valence-electron chi connectivity index (χ0n) is 11.1. The molecule has 1 aromatic rings. The molecule has 1 N–H and O–H groups in total. The number of rotatable bonds is 4. The Bertz CT molecular complexity index is 444. The molecule has 0 aromatic heterocycles. The molecule has 0 aliphatic rings. The summed E-state index contributed by atoms with van der Waals surface area (Å²) in [6, 6.07) is 3.02. The number of halogens is 2. The third-order valence-corrected chi connectivity index (χ3v) is 1.92. The van der Waals surface area contributed by atoms with E-state index in [4.69, 9.17) is 9.47 Å². The van der Waals surface area contributed by atoms with Crippen LogP contribution in [0.5, 0.6) is 5.75 Å². The van der Waals surface area contributed by atoms with Crippen LogP contribution in [-0.2, 0) is 4.74 Å². The Balaban J connectivity index is 2.29. The van der Waals surface area contributed by atoms with Gasteiger partial charge in [-0.15, -0.1) is 0 Å². The second kappa shape index (κ2) is 6.36. The summed E-state index contributed by atoms with van der Waals surface area (Å²) in [5, 5.41) is 2.46. The summed E-state index contributed by atoms with van der Waals surface area (Å²) in [7, 11) is 0. The first-order valence-corrected chi connectivity index (χ1v) is 5.82. The Morgan fingerprint density at radius 3 is 2.58 bits per heavy atom. The zero-order chi connectivity index (χ0) is 14.5. The molecule has 1 rings (SSSR count). The standard InChI is InChI=1S/C13H17F2NO3/c1-13(2,3)19-12(17)16-6-7-18-11-5-4-9(14)8-10(11)15/h4-5,8H,6-7H2,1-3H3,(H,16,17). The lowest BCUT2D eigenvalue weighted by Crippen LogP contribution is -2.34. The molecule has 0 atom stereocenters. The van der Waals surface area contributed by atoms with Gasteiger partial charge in [0.15, 0.2) is 11.6 Å². The molecule has 0 heterocycles. The number of amides is 1. The molecule has 0 unspecified atom stereocenters. The minimum atomic E-state index is -0.780. The molecule has 0 bridgehead atoms. The van der Waals surface area contributed by atoms with E-state index in [1.165, 1.54) is 6.07 Å². The number of carbonyl (C=O) groups is 1. The molecule has 0 saturated heterocycles. The number of hydrogen-bond acceptors (Lipinski definition) is 3. The highest BCUT2D eigenvalue weighted by Gasteiger charge is 2.15. The number of nitrogens with one attached hydrogen (secondary N) is 1. The van der Waals surface area contributed by atoms with Gasteiger partial charge in [-0.2, -0.15) is 0 Å². The molecule has 19 heavy (non-hydrogen) atoms. The molecule has 106 valence electrons. The van der Waals surface area contributed by atoms with Crippen LogP contribution in [0.15, 0.2) is 18.2 Å². The summed E-state index contributed by atoms with van der Waals surface area (Å²) in [5.41, 5.74) is -0.575. The van der Waals surface area contributed by atoms with Crippen LogP contribution >= 0.6 is 0 Å². The summed E-state index contributed by atoms with van der Waals surface area (Å²) >= 11 is 0. The summed E-state index contributed by atoms with van der Waals surface area (Å²) in [5.74, 6) is -1.51. The molecule has 0 aliphatic carbocycles. The van der Waals surface area contributed by atoms with Gasteiger partial charge in [-0.25, -0.2) is 13.6 Å². The molecule has 0 aliphatic heterocycles. The average molecular weight is 273 g/mol. The minimum absolute atomic E-state index is 0.0573. The van der Waals surface area contributed by atoms with E-state index in [0.29, 0.717) is 0 Å². The van der Waals surface area contributed by atoms with Crippen molar-refractivity contribution in [1.82, 2.24) is 5.32 Å². The van der Waals surface area contributed by atoms with E-state index < -0.39 is 23.3 Å². The van der Waals surface area contributed by atoms with E-state index in [-0.39, 0.29) is 18.9 Å². The molecule has 0 radical (unpaired) electrons. The van der Waals surface area contributed by atoms with Crippen LogP contribution in [0.4, 0.5) is 13.6 Å². The second-order valence-corrected chi connectivity index (χ2v) is 4.85. The molecule has 0 spiro atoms. The van der Waals surface area contributed by atoms with Crippen LogP contribution in [0.2, 0.25) is 0 Å². The maximum atomic E-state index is 13.2. The Kier molecular flexibility index (Phi) is 5.09. The van der Waals surface area contributed by atoms with Gasteiger partial charge in [0, 0.05) is 6.07 Å². The van der Waals surface area contributed by atoms with E-state index in [1.807, 2.05) is 0 Å². The maximum Gasteiger partial charge on any atom is 0.407 e. The maximum absolute atomic E-state index is 13.2. The first kappa shape index (κ1) is 15.2. The van der Waals surface area contributed by atoms with E-state index in [0.717, 1.165) is 12.1 Å². The Labute approximate surface area is 110 Å². The third-order valence-electron chi connectivity index (χ3n) is 1.92. The first-order valence-electron chi connectivity index (χ1n) is 5.82. The topological polar surface area (TPSA) is 47.6 Å². The minimum Gasteiger partial charge on any atom is -0.489 e. The summed E-state index contributed by atoms with van der Waals surface area (Å²) in [4.78, 5) is 11.3. The Morgan fingerprint density at radius 2 is 2.00 bits per heavy atom. The van der Waals surface area contributed by atoms with Gasteiger partial charge in [-0.05, 0) is 32.9 Å². The van der Waals surface area contributed by atoms with Crippen LogP contribution in [0.1, 0.15) is 20.8 Å².